The third-order valence-corrected chi connectivity index (χ3v) is 6.48. The van der Waals surface area contributed by atoms with Gasteiger partial charge in [0.2, 0.25) is 0 Å². The molecule has 1 aliphatic carbocycles. The molecule has 2 aliphatic rings. The van der Waals surface area contributed by atoms with Crippen LogP contribution in [0.1, 0.15) is 37.8 Å². The summed E-state index contributed by atoms with van der Waals surface area (Å²) in [6.45, 7) is 0. The highest BCUT2D eigenvalue weighted by Gasteiger charge is 2.25. The number of ether oxygens (including phenoxy) is 1. The van der Waals surface area contributed by atoms with Gasteiger partial charge < -0.3 is 10.1 Å². The quantitative estimate of drug-likeness (QED) is 0.756. The molecule has 5 nitrogen and oxygen atoms in total. The summed E-state index contributed by atoms with van der Waals surface area (Å²) in [5.74, 6) is 0.711. The van der Waals surface area contributed by atoms with E-state index in [4.69, 9.17) is 9.73 Å². The number of carbonyl (C=O) groups is 1. The lowest BCUT2D eigenvalue weighted by atomic mass is 9.96. The molecular weight excluding hydrogens is 378 g/mol. The van der Waals surface area contributed by atoms with Gasteiger partial charge in [-0.2, -0.15) is 0 Å². The van der Waals surface area contributed by atoms with Crippen molar-refractivity contribution >= 4 is 40.2 Å². The molecule has 140 valence electrons. The number of hydrogen-bond donors (Lipinski definition) is 1. The fourth-order valence-corrected chi connectivity index (χ4v) is 4.89. The van der Waals surface area contributed by atoms with E-state index in [2.05, 4.69) is 10.3 Å². The third kappa shape index (κ3) is 4.42. The van der Waals surface area contributed by atoms with Crippen molar-refractivity contribution < 1.29 is 9.53 Å². The largest absolute Gasteiger partial charge is 0.497 e. The van der Waals surface area contributed by atoms with Gasteiger partial charge in [-0.05, 0) is 42.8 Å². The molecule has 0 unspecified atom stereocenters. The highest BCUT2D eigenvalue weighted by atomic mass is 32.2. The SMILES string of the molecule is COc1cccc(-c2nc(/C=C3\SC(=NC4CCCCC4)NC3=O)cs2)c1. The molecule has 4 rings (SSSR count). The maximum Gasteiger partial charge on any atom is 0.264 e. The Hall–Kier alpha value is -2.12. The minimum Gasteiger partial charge on any atom is -0.497 e. The standard InChI is InChI=1S/C20H21N3O2S2/c1-25-16-9-5-6-13(10-16)19-21-15(12-26-19)11-17-18(24)23-20(27-17)22-14-7-3-2-4-8-14/h5-6,9-12,14H,2-4,7-8H2,1H3,(H,22,23,24)/b17-11-. The first kappa shape index (κ1) is 18.3. The van der Waals surface area contributed by atoms with Gasteiger partial charge in [-0.25, -0.2) is 4.98 Å². The Morgan fingerprint density at radius 3 is 2.96 bits per heavy atom. The zero-order valence-corrected chi connectivity index (χ0v) is 16.7. The van der Waals surface area contributed by atoms with Crippen molar-refractivity contribution in [2.75, 3.05) is 7.11 Å². The van der Waals surface area contributed by atoms with Gasteiger partial charge in [0.25, 0.3) is 5.91 Å². The number of nitrogens with zero attached hydrogens (tertiary/aromatic N) is 2. The first-order valence-electron chi connectivity index (χ1n) is 9.10. The Kier molecular flexibility index (Phi) is 5.59. The van der Waals surface area contributed by atoms with E-state index in [1.54, 1.807) is 18.4 Å². The summed E-state index contributed by atoms with van der Waals surface area (Å²) in [6.07, 6.45) is 7.84. The molecule has 0 atom stereocenters. The van der Waals surface area contributed by atoms with Crippen molar-refractivity contribution in [2.45, 2.75) is 38.1 Å². The van der Waals surface area contributed by atoms with E-state index in [0.29, 0.717) is 10.9 Å². The monoisotopic (exact) mass is 399 g/mol. The second-order valence-electron chi connectivity index (χ2n) is 6.60. The average molecular weight is 400 g/mol. The summed E-state index contributed by atoms with van der Waals surface area (Å²) in [6, 6.07) is 8.17. The van der Waals surface area contributed by atoms with Crippen LogP contribution in [-0.2, 0) is 4.79 Å². The van der Waals surface area contributed by atoms with Crippen LogP contribution in [0.2, 0.25) is 0 Å². The Morgan fingerprint density at radius 1 is 1.30 bits per heavy atom. The molecule has 1 aromatic carbocycles. The van der Waals surface area contributed by atoms with E-state index in [0.717, 1.165) is 40.0 Å². The van der Waals surface area contributed by atoms with Gasteiger partial charge in [-0.1, -0.05) is 31.4 Å². The number of benzene rings is 1. The van der Waals surface area contributed by atoms with Gasteiger partial charge in [0.15, 0.2) is 5.17 Å². The number of nitrogens with one attached hydrogen (secondary N) is 1. The smallest absolute Gasteiger partial charge is 0.264 e. The van der Waals surface area contributed by atoms with Crippen LogP contribution in [0, 0.1) is 0 Å². The Bertz CT molecular complexity index is 898. The molecule has 2 aromatic rings. The molecule has 27 heavy (non-hydrogen) atoms. The summed E-state index contributed by atoms with van der Waals surface area (Å²) in [7, 11) is 1.65. The topological polar surface area (TPSA) is 63.6 Å². The maximum atomic E-state index is 12.3. The van der Waals surface area contributed by atoms with Crippen molar-refractivity contribution in [3.63, 3.8) is 0 Å². The Morgan fingerprint density at radius 2 is 2.15 bits per heavy atom. The molecule has 1 saturated carbocycles. The number of hydrogen-bond acceptors (Lipinski definition) is 6. The normalized spacial score (nSPS) is 21.0. The first-order valence-corrected chi connectivity index (χ1v) is 10.8. The van der Waals surface area contributed by atoms with Crippen LogP contribution in [0.5, 0.6) is 5.75 Å². The third-order valence-electron chi connectivity index (χ3n) is 4.64. The van der Waals surface area contributed by atoms with Gasteiger partial charge in [-0.15, -0.1) is 11.3 Å². The maximum absolute atomic E-state index is 12.3. The van der Waals surface area contributed by atoms with Gasteiger partial charge in [0, 0.05) is 10.9 Å². The molecule has 2 fully saturated rings. The number of amidine groups is 1. The lowest BCUT2D eigenvalue weighted by Crippen LogP contribution is -2.22. The van der Waals surface area contributed by atoms with Crippen molar-refractivity contribution in [3.8, 4) is 16.3 Å². The number of carbonyl (C=O) groups excluding carboxylic acids is 1. The van der Waals surface area contributed by atoms with E-state index >= 15 is 0 Å². The molecule has 1 aromatic heterocycles. The molecule has 7 heteroatoms. The lowest BCUT2D eigenvalue weighted by Gasteiger charge is -2.17. The molecule has 1 N–H and O–H groups in total. The number of methoxy groups -OCH3 is 1. The molecule has 1 aliphatic heterocycles. The average Bonchev–Trinajstić information content (AvgIpc) is 3.30. The van der Waals surface area contributed by atoms with Crippen LogP contribution in [0.25, 0.3) is 16.6 Å². The van der Waals surface area contributed by atoms with E-state index < -0.39 is 0 Å². The number of thioether (sulfide) groups is 1. The molecule has 1 amide bonds. The summed E-state index contributed by atoms with van der Waals surface area (Å²) in [4.78, 5) is 22.3. The zero-order valence-electron chi connectivity index (χ0n) is 15.1. The van der Waals surface area contributed by atoms with Crippen LogP contribution >= 0.6 is 23.1 Å². The minimum absolute atomic E-state index is 0.0921. The van der Waals surface area contributed by atoms with Crippen LogP contribution in [0.4, 0.5) is 0 Å². The number of amides is 1. The lowest BCUT2D eigenvalue weighted by molar-refractivity contribution is -0.115. The highest BCUT2D eigenvalue weighted by molar-refractivity contribution is 8.18. The van der Waals surface area contributed by atoms with Crippen molar-refractivity contribution in [1.29, 1.82) is 0 Å². The van der Waals surface area contributed by atoms with Crippen molar-refractivity contribution in [2.24, 2.45) is 4.99 Å². The Labute approximate surface area is 167 Å². The summed E-state index contributed by atoms with van der Waals surface area (Å²) in [5, 5.41) is 6.48. The van der Waals surface area contributed by atoms with Gasteiger partial charge in [0.05, 0.1) is 23.8 Å². The highest BCUT2D eigenvalue weighted by Crippen LogP contribution is 2.31. The second-order valence-corrected chi connectivity index (χ2v) is 8.49. The van der Waals surface area contributed by atoms with Crippen molar-refractivity contribution in [1.82, 2.24) is 10.3 Å². The van der Waals surface area contributed by atoms with Gasteiger partial charge in [0.1, 0.15) is 10.8 Å². The van der Waals surface area contributed by atoms with Crippen molar-refractivity contribution in [3.05, 3.63) is 40.2 Å². The van der Waals surface area contributed by atoms with E-state index in [9.17, 15) is 4.79 Å². The number of aromatic nitrogens is 1. The fraction of sp³-hybridized carbons (Fsp3) is 0.350. The minimum atomic E-state index is -0.0921. The number of rotatable bonds is 4. The molecule has 0 spiro atoms. The van der Waals surface area contributed by atoms with Crippen LogP contribution in [0.15, 0.2) is 39.5 Å². The van der Waals surface area contributed by atoms with E-state index in [1.165, 1.54) is 31.0 Å². The first-order chi connectivity index (χ1) is 13.2. The number of aliphatic imine (C=N–C) groups is 1. The van der Waals surface area contributed by atoms with Crippen LogP contribution in [-0.4, -0.2) is 29.2 Å². The van der Waals surface area contributed by atoms with Crippen LogP contribution < -0.4 is 10.1 Å². The summed E-state index contributed by atoms with van der Waals surface area (Å²) < 4.78 is 5.27. The van der Waals surface area contributed by atoms with Gasteiger partial charge >= 0.3 is 0 Å². The fourth-order valence-electron chi connectivity index (χ4n) is 3.24. The Balaban J connectivity index is 1.49. The molecule has 0 bridgehead atoms. The zero-order chi connectivity index (χ0) is 18.6. The molecule has 0 radical (unpaired) electrons. The predicted molar refractivity (Wildman–Crippen MR) is 112 cm³/mol. The van der Waals surface area contributed by atoms with Gasteiger partial charge in [-0.3, -0.25) is 9.79 Å². The van der Waals surface area contributed by atoms with Crippen LogP contribution in [0.3, 0.4) is 0 Å². The summed E-state index contributed by atoms with van der Waals surface area (Å²) >= 11 is 2.97. The second kappa shape index (κ2) is 8.27. The summed E-state index contributed by atoms with van der Waals surface area (Å²) in [5.41, 5.74) is 1.79. The van der Waals surface area contributed by atoms with E-state index in [1.807, 2.05) is 35.7 Å². The predicted octanol–water partition coefficient (Wildman–Crippen LogP) is 4.71. The number of thiazole rings is 1. The molecule has 1 saturated heterocycles. The molecule has 2 heterocycles. The van der Waals surface area contributed by atoms with E-state index in [-0.39, 0.29) is 5.91 Å². The molecular formula is C20H21N3O2S2.